The molecule has 0 aliphatic rings. The highest BCUT2D eigenvalue weighted by Crippen LogP contribution is 2.28. The monoisotopic (exact) mass is 362 g/mol. The van der Waals surface area contributed by atoms with Crippen molar-refractivity contribution in [2.24, 2.45) is 5.10 Å². The number of aromatic nitrogens is 2. The van der Waals surface area contributed by atoms with Gasteiger partial charge in [0.05, 0.1) is 18.5 Å². The van der Waals surface area contributed by atoms with Crippen LogP contribution in [0.2, 0.25) is 0 Å². The Balaban J connectivity index is 1.67. The first kappa shape index (κ1) is 18.4. The number of H-pyrrole nitrogens is 1. The number of para-hydroxylation sites is 1. The molecule has 0 spiro atoms. The molecule has 2 N–H and O–H groups in total. The van der Waals surface area contributed by atoms with Gasteiger partial charge in [-0.05, 0) is 42.7 Å². The van der Waals surface area contributed by atoms with E-state index in [1.807, 2.05) is 55.5 Å². The summed E-state index contributed by atoms with van der Waals surface area (Å²) >= 11 is 0. The van der Waals surface area contributed by atoms with Crippen molar-refractivity contribution in [3.63, 3.8) is 0 Å². The smallest absolute Gasteiger partial charge is 0.289 e. The van der Waals surface area contributed by atoms with Gasteiger partial charge in [-0.25, -0.2) is 5.43 Å². The highest BCUT2D eigenvalue weighted by atomic mass is 16.5. The predicted octanol–water partition coefficient (Wildman–Crippen LogP) is 3.80. The summed E-state index contributed by atoms with van der Waals surface area (Å²) in [5, 5.41) is 11.0. The van der Waals surface area contributed by atoms with E-state index < -0.39 is 0 Å². The number of carbonyl (C=O) groups is 1. The van der Waals surface area contributed by atoms with Crippen molar-refractivity contribution in [2.45, 2.75) is 20.3 Å². The SMILES string of the molecule is CCOc1ccccc1-c1cc(C(=O)N/N=C/c2ccc(CC)cc2)[nH]n1. The van der Waals surface area contributed by atoms with Crippen LogP contribution in [0.4, 0.5) is 0 Å². The van der Waals surface area contributed by atoms with Gasteiger partial charge < -0.3 is 4.74 Å². The Labute approximate surface area is 158 Å². The molecular weight excluding hydrogens is 340 g/mol. The highest BCUT2D eigenvalue weighted by molar-refractivity contribution is 5.94. The molecule has 6 heteroatoms. The van der Waals surface area contributed by atoms with Crippen molar-refractivity contribution >= 4 is 12.1 Å². The molecule has 27 heavy (non-hydrogen) atoms. The van der Waals surface area contributed by atoms with Gasteiger partial charge in [0, 0.05) is 5.56 Å². The lowest BCUT2D eigenvalue weighted by Crippen LogP contribution is -2.18. The summed E-state index contributed by atoms with van der Waals surface area (Å²) in [4.78, 5) is 12.3. The lowest BCUT2D eigenvalue weighted by atomic mass is 10.1. The van der Waals surface area contributed by atoms with Gasteiger partial charge >= 0.3 is 0 Å². The van der Waals surface area contributed by atoms with Crippen LogP contribution in [0.3, 0.4) is 0 Å². The van der Waals surface area contributed by atoms with Crippen LogP contribution in [0.25, 0.3) is 11.3 Å². The Morgan fingerprint density at radius 2 is 1.96 bits per heavy atom. The molecule has 0 radical (unpaired) electrons. The van der Waals surface area contributed by atoms with Gasteiger partial charge in [-0.1, -0.05) is 43.3 Å². The van der Waals surface area contributed by atoms with E-state index in [2.05, 4.69) is 27.6 Å². The number of nitrogens with zero attached hydrogens (tertiary/aromatic N) is 2. The largest absolute Gasteiger partial charge is 0.493 e. The normalized spacial score (nSPS) is 10.9. The first-order valence-corrected chi connectivity index (χ1v) is 8.91. The van der Waals surface area contributed by atoms with E-state index in [0.717, 1.165) is 23.3 Å². The van der Waals surface area contributed by atoms with Crippen LogP contribution in [0.5, 0.6) is 5.75 Å². The second-order valence-corrected chi connectivity index (χ2v) is 5.89. The lowest BCUT2D eigenvalue weighted by molar-refractivity contribution is 0.0950. The Kier molecular flexibility index (Phi) is 5.99. The summed E-state index contributed by atoms with van der Waals surface area (Å²) in [6.45, 7) is 4.59. The third kappa shape index (κ3) is 4.61. The van der Waals surface area contributed by atoms with Crippen molar-refractivity contribution < 1.29 is 9.53 Å². The number of aryl methyl sites for hydroxylation is 1. The van der Waals surface area contributed by atoms with E-state index in [9.17, 15) is 4.79 Å². The van der Waals surface area contributed by atoms with Gasteiger partial charge in [0.2, 0.25) is 0 Å². The number of hydrazone groups is 1. The molecule has 6 nitrogen and oxygen atoms in total. The van der Waals surface area contributed by atoms with E-state index in [-0.39, 0.29) is 5.91 Å². The zero-order valence-electron chi connectivity index (χ0n) is 15.4. The molecular formula is C21H22N4O2. The molecule has 1 amide bonds. The molecule has 0 fully saturated rings. The zero-order chi connectivity index (χ0) is 19.1. The summed E-state index contributed by atoms with van der Waals surface area (Å²) in [6.07, 6.45) is 2.60. The number of aromatic amines is 1. The molecule has 0 aliphatic carbocycles. The molecule has 138 valence electrons. The number of ether oxygens (including phenoxy) is 1. The average Bonchev–Trinajstić information content (AvgIpc) is 3.19. The van der Waals surface area contributed by atoms with Crippen LogP contribution in [0.15, 0.2) is 59.7 Å². The first-order chi connectivity index (χ1) is 13.2. The number of benzene rings is 2. The summed E-state index contributed by atoms with van der Waals surface area (Å²) in [7, 11) is 0. The van der Waals surface area contributed by atoms with E-state index in [1.54, 1.807) is 12.3 Å². The third-order valence-corrected chi connectivity index (χ3v) is 4.05. The number of nitrogens with one attached hydrogen (secondary N) is 2. The van der Waals surface area contributed by atoms with Crippen molar-refractivity contribution in [1.82, 2.24) is 15.6 Å². The van der Waals surface area contributed by atoms with Crippen molar-refractivity contribution in [3.05, 3.63) is 71.4 Å². The Morgan fingerprint density at radius 3 is 2.70 bits per heavy atom. The first-order valence-electron chi connectivity index (χ1n) is 8.91. The van der Waals surface area contributed by atoms with Crippen LogP contribution in [0, 0.1) is 0 Å². The average molecular weight is 362 g/mol. The topological polar surface area (TPSA) is 79.4 Å². The zero-order valence-corrected chi connectivity index (χ0v) is 15.4. The van der Waals surface area contributed by atoms with Gasteiger partial charge in [-0.15, -0.1) is 0 Å². The Bertz CT molecular complexity index is 929. The molecule has 3 aromatic rings. The summed E-state index contributed by atoms with van der Waals surface area (Å²) in [5.41, 5.74) is 6.48. The Morgan fingerprint density at radius 1 is 1.19 bits per heavy atom. The summed E-state index contributed by atoms with van der Waals surface area (Å²) in [5.74, 6) is 0.371. The van der Waals surface area contributed by atoms with E-state index in [4.69, 9.17) is 4.74 Å². The minimum atomic E-state index is -0.357. The van der Waals surface area contributed by atoms with Gasteiger partial charge in [0.1, 0.15) is 11.4 Å². The highest BCUT2D eigenvalue weighted by Gasteiger charge is 2.13. The van der Waals surface area contributed by atoms with Gasteiger partial charge in [-0.2, -0.15) is 10.2 Å². The maximum atomic E-state index is 12.3. The second kappa shape index (κ2) is 8.80. The molecule has 1 aromatic heterocycles. The fourth-order valence-corrected chi connectivity index (χ4v) is 2.60. The fraction of sp³-hybridized carbons (Fsp3) is 0.190. The van der Waals surface area contributed by atoms with Crippen molar-refractivity contribution in [2.75, 3.05) is 6.61 Å². The van der Waals surface area contributed by atoms with Gasteiger partial charge in [0.15, 0.2) is 0 Å². The standard InChI is InChI=1S/C21H22N4O2/c1-3-15-9-11-16(12-10-15)14-22-25-21(26)19-13-18(23-24-19)17-7-5-6-8-20(17)27-4-2/h5-14H,3-4H2,1-2H3,(H,23,24)(H,25,26)/b22-14+. The van der Waals surface area contributed by atoms with Crippen LogP contribution in [-0.4, -0.2) is 28.9 Å². The molecule has 2 aromatic carbocycles. The number of amides is 1. The minimum absolute atomic E-state index is 0.329. The minimum Gasteiger partial charge on any atom is -0.493 e. The molecule has 0 saturated carbocycles. The van der Waals surface area contributed by atoms with Crippen LogP contribution >= 0.6 is 0 Å². The molecule has 1 heterocycles. The number of hydrogen-bond acceptors (Lipinski definition) is 4. The van der Waals surface area contributed by atoms with Crippen LogP contribution in [-0.2, 0) is 6.42 Å². The molecule has 0 aliphatic heterocycles. The lowest BCUT2D eigenvalue weighted by Gasteiger charge is -2.07. The van der Waals surface area contributed by atoms with Gasteiger partial charge in [0.25, 0.3) is 5.91 Å². The van der Waals surface area contributed by atoms with Crippen LogP contribution < -0.4 is 10.2 Å². The number of hydrogen-bond donors (Lipinski definition) is 2. The predicted molar refractivity (Wildman–Crippen MR) is 106 cm³/mol. The maximum Gasteiger partial charge on any atom is 0.289 e. The molecule has 0 unspecified atom stereocenters. The van der Waals surface area contributed by atoms with Crippen LogP contribution in [0.1, 0.15) is 35.5 Å². The molecule has 0 atom stereocenters. The molecule has 0 bridgehead atoms. The van der Waals surface area contributed by atoms with Gasteiger partial charge in [-0.3, -0.25) is 9.89 Å². The Hall–Kier alpha value is -3.41. The maximum absolute atomic E-state index is 12.3. The van der Waals surface area contributed by atoms with E-state index in [1.165, 1.54) is 5.56 Å². The molecule has 3 rings (SSSR count). The van der Waals surface area contributed by atoms with E-state index in [0.29, 0.717) is 18.0 Å². The third-order valence-electron chi connectivity index (χ3n) is 4.05. The number of carbonyl (C=O) groups excluding carboxylic acids is 1. The quantitative estimate of drug-likeness (QED) is 0.495. The van der Waals surface area contributed by atoms with E-state index >= 15 is 0 Å². The molecule has 0 saturated heterocycles. The second-order valence-electron chi connectivity index (χ2n) is 5.89. The fourth-order valence-electron chi connectivity index (χ4n) is 2.60. The summed E-state index contributed by atoms with van der Waals surface area (Å²) < 4.78 is 5.61. The number of rotatable bonds is 7. The van der Waals surface area contributed by atoms with Crippen molar-refractivity contribution in [3.8, 4) is 17.0 Å². The summed E-state index contributed by atoms with van der Waals surface area (Å²) in [6, 6.07) is 17.3. The van der Waals surface area contributed by atoms with Crippen molar-refractivity contribution in [1.29, 1.82) is 0 Å².